The number of carboxylic acids is 1. The lowest BCUT2D eigenvalue weighted by molar-refractivity contribution is -0.139. The minimum atomic E-state index is -4.11. The molecule has 1 N–H and O–H groups in total. The normalized spacial score (nSPS) is 20.4. The SMILES string of the molecule is O=C(O)CC1COCCN1S(=O)(=O)c1ccc(F)c(F)c1. The molecule has 2 rings (SSSR count). The molecule has 0 aliphatic carbocycles. The first-order valence-corrected chi connectivity index (χ1v) is 7.53. The van der Waals surface area contributed by atoms with Crippen molar-refractivity contribution in [2.45, 2.75) is 17.4 Å². The number of ether oxygens (including phenoxy) is 1. The van der Waals surface area contributed by atoms with Crippen LogP contribution in [0, 0.1) is 11.6 Å². The van der Waals surface area contributed by atoms with Gasteiger partial charge in [0.2, 0.25) is 10.0 Å². The number of halogens is 2. The van der Waals surface area contributed by atoms with Crippen LogP contribution < -0.4 is 0 Å². The molecular weight excluding hydrogens is 308 g/mol. The Morgan fingerprint density at radius 1 is 1.38 bits per heavy atom. The third-order valence-electron chi connectivity index (χ3n) is 3.08. The Bertz CT molecular complexity index is 649. The molecule has 0 bridgehead atoms. The van der Waals surface area contributed by atoms with Crippen LogP contribution in [0.15, 0.2) is 23.1 Å². The molecule has 1 atom stereocenters. The van der Waals surface area contributed by atoms with Gasteiger partial charge in [-0.3, -0.25) is 4.79 Å². The Hall–Kier alpha value is -1.58. The first kappa shape index (κ1) is 15.8. The molecule has 1 aromatic carbocycles. The average molecular weight is 321 g/mol. The summed E-state index contributed by atoms with van der Waals surface area (Å²) in [6.07, 6.45) is -0.428. The number of benzene rings is 1. The van der Waals surface area contributed by atoms with E-state index >= 15 is 0 Å². The number of hydrogen-bond donors (Lipinski definition) is 1. The van der Waals surface area contributed by atoms with Crippen molar-refractivity contribution in [2.24, 2.45) is 0 Å². The van der Waals surface area contributed by atoms with E-state index in [0.29, 0.717) is 6.07 Å². The van der Waals surface area contributed by atoms with E-state index in [2.05, 4.69) is 0 Å². The Kier molecular flexibility index (Phi) is 4.55. The van der Waals surface area contributed by atoms with Crippen molar-refractivity contribution in [3.8, 4) is 0 Å². The lowest BCUT2D eigenvalue weighted by Gasteiger charge is -2.33. The molecule has 1 saturated heterocycles. The standard InChI is InChI=1S/C12H13F2NO5S/c13-10-2-1-9(6-11(10)14)21(18,19)15-3-4-20-7-8(15)5-12(16)17/h1-2,6,8H,3-5,7H2,(H,16,17). The molecular formula is C12H13F2NO5S. The predicted octanol–water partition coefficient (Wildman–Crippen LogP) is 0.829. The van der Waals surface area contributed by atoms with E-state index in [1.54, 1.807) is 0 Å². The smallest absolute Gasteiger partial charge is 0.305 e. The highest BCUT2D eigenvalue weighted by Crippen LogP contribution is 2.23. The molecule has 21 heavy (non-hydrogen) atoms. The highest BCUT2D eigenvalue weighted by molar-refractivity contribution is 7.89. The van der Waals surface area contributed by atoms with Crippen LogP contribution in [-0.4, -0.2) is 49.6 Å². The van der Waals surface area contributed by atoms with Gasteiger partial charge >= 0.3 is 5.97 Å². The van der Waals surface area contributed by atoms with Gasteiger partial charge in [-0.2, -0.15) is 4.31 Å². The van der Waals surface area contributed by atoms with Crippen LogP contribution >= 0.6 is 0 Å². The quantitative estimate of drug-likeness (QED) is 0.888. The second-order valence-electron chi connectivity index (χ2n) is 4.52. The number of nitrogens with zero attached hydrogens (tertiary/aromatic N) is 1. The van der Waals surface area contributed by atoms with Crippen molar-refractivity contribution in [3.63, 3.8) is 0 Å². The van der Waals surface area contributed by atoms with Crippen LogP contribution in [0.1, 0.15) is 6.42 Å². The fourth-order valence-electron chi connectivity index (χ4n) is 2.09. The maximum Gasteiger partial charge on any atom is 0.305 e. The van der Waals surface area contributed by atoms with Gasteiger partial charge in [-0.1, -0.05) is 0 Å². The molecule has 1 fully saturated rings. The summed E-state index contributed by atoms with van der Waals surface area (Å²) in [5, 5.41) is 8.81. The van der Waals surface area contributed by atoms with E-state index in [1.165, 1.54) is 0 Å². The van der Waals surface area contributed by atoms with E-state index in [0.717, 1.165) is 16.4 Å². The second-order valence-corrected chi connectivity index (χ2v) is 6.41. The summed E-state index contributed by atoms with van der Waals surface area (Å²) < 4.78 is 57.0. The zero-order chi connectivity index (χ0) is 15.6. The number of hydrogen-bond acceptors (Lipinski definition) is 4. The van der Waals surface area contributed by atoms with Crippen LogP contribution in [0.2, 0.25) is 0 Å². The number of aliphatic carboxylic acids is 1. The molecule has 0 aromatic heterocycles. The Morgan fingerprint density at radius 3 is 2.71 bits per heavy atom. The van der Waals surface area contributed by atoms with Gasteiger partial charge < -0.3 is 9.84 Å². The monoisotopic (exact) mass is 321 g/mol. The first-order chi connectivity index (χ1) is 9.82. The Balaban J connectivity index is 2.35. The number of carboxylic acid groups (broad SMARTS) is 1. The molecule has 1 heterocycles. The van der Waals surface area contributed by atoms with E-state index < -0.39 is 45.0 Å². The minimum Gasteiger partial charge on any atom is -0.481 e. The minimum absolute atomic E-state index is 0.0424. The topological polar surface area (TPSA) is 83.9 Å². The lowest BCUT2D eigenvalue weighted by atomic mass is 10.2. The highest BCUT2D eigenvalue weighted by Gasteiger charge is 2.35. The van der Waals surface area contributed by atoms with Crippen LogP contribution in [-0.2, 0) is 19.6 Å². The largest absolute Gasteiger partial charge is 0.481 e. The van der Waals surface area contributed by atoms with Crippen molar-refractivity contribution in [3.05, 3.63) is 29.8 Å². The third kappa shape index (κ3) is 3.36. The fraction of sp³-hybridized carbons (Fsp3) is 0.417. The molecule has 1 unspecified atom stereocenters. The van der Waals surface area contributed by atoms with Gasteiger partial charge in [-0.15, -0.1) is 0 Å². The van der Waals surface area contributed by atoms with Gasteiger partial charge in [-0.05, 0) is 18.2 Å². The fourth-order valence-corrected chi connectivity index (χ4v) is 3.70. The molecule has 0 saturated carbocycles. The number of carbonyl (C=O) groups is 1. The number of rotatable bonds is 4. The third-order valence-corrected chi connectivity index (χ3v) is 5.03. The summed E-state index contributed by atoms with van der Waals surface area (Å²) in [7, 11) is -4.11. The molecule has 0 radical (unpaired) electrons. The second kappa shape index (κ2) is 6.04. The summed E-state index contributed by atoms with van der Waals surface area (Å²) >= 11 is 0. The van der Waals surface area contributed by atoms with E-state index in [9.17, 15) is 22.0 Å². The summed E-state index contributed by atoms with van der Waals surface area (Å²) in [5.74, 6) is -3.60. The van der Waals surface area contributed by atoms with E-state index in [1.807, 2.05) is 0 Å². The zero-order valence-corrected chi connectivity index (χ0v) is 11.6. The first-order valence-electron chi connectivity index (χ1n) is 6.09. The number of sulfonamides is 1. The zero-order valence-electron chi connectivity index (χ0n) is 10.8. The molecule has 1 aromatic rings. The van der Waals surface area contributed by atoms with Crippen LogP contribution in [0.3, 0.4) is 0 Å². The molecule has 1 aliphatic heterocycles. The molecule has 6 nitrogen and oxygen atoms in total. The molecule has 0 spiro atoms. The molecule has 9 heteroatoms. The van der Waals surface area contributed by atoms with Gasteiger partial charge in [0.15, 0.2) is 11.6 Å². The summed E-state index contributed by atoms with van der Waals surface area (Å²) in [5.41, 5.74) is 0. The van der Waals surface area contributed by atoms with Crippen LogP contribution in [0.25, 0.3) is 0 Å². The maximum atomic E-state index is 13.2. The molecule has 1 aliphatic rings. The maximum absolute atomic E-state index is 13.2. The van der Waals surface area contributed by atoms with Gasteiger partial charge in [0.05, 0.1) is 30.6 Å². The highest BCUT2D eigenvalue weighted by atomic mass is 32.2. The summed E-state index contributed by atoms with van der Waals surface area (Å²) in [4.78, 5) is 10.4. The summed E-state index contributed by atoms with van der Waals surface area (Å²) in [6, 6.07) is 1.36. The number of morpholine rings is 1. The van der Waals surface area contributed by atoms with Gasteiger partial charge in [0.25, 0.3) is 0 Å². The molecule has 116 valence electrons. The van der Waals surface area contributed by atoms with Crippen molar-refractivity contribution in [1.29, 1.82) is 0 Å². The lowest BCUT2D eigenvalue weighted by Crippen LogP contribution is -2.49. The van der Waals surface area contributed by atoms with Crippen molar-refractivity contribution in [2.75, 3.05) is 19.8 Å². The molecule has 0 amide bonds. The van der Waals surface area contributed by atoms with Crippen LogP contribution in [0.4, 0.5) is 8.78 Å². The summed E-state index contributed by atoms with van der Waals surface area (Å²) in [6.45, 7) is 0.00745. The van der Waals surface area contributed by atoms with Crippen molar-refractivity contribution in [1.82, 2.24) is 4.31 Å². The van der Waals surface area contributed by atoms with Gasteiger partial charge in [0, 0.05) is 6.54 Å². The van der Waals surface area contributed by atoms with Crippen LogP contribution in [0.5, 0.6) is 0 Å². The Labute approximate surface area is 120 Å². The van der Waals surface area contributed by atoms with Gasteiger partial charge in [-0.25, -0.2) is 17.2 Å². The average Bonchev–Trinajstić information content (AvgIpc) is 2.41. The Morgan fingerprint density at radius 2 is 2.10 bits per heavy atom. The van der Waals surface area contributed by atoms with Crippen molar-refractivity contribution >= 4 is 16.0 Å². The van der Waals surface area contributed by atoms with Gasteiger partial charge in [0.1, 0.15) is 0 Å². The van der Waals surface area contributed by atoms with E-state index in [4.69, 9.17) is 9.84 Å². The predicted molar refractivity (Wildman–Crippen MR) is 67.1 cm³/mol. The van der Waals surface area contributed by atoms with Crippen molar-refractivity contribution < 1.29 is 31.8 Å². The van der Waals surface area contributed by atoms with E-state index in [-0.39, 0.29) is 19.8 Å².